The van der Waals surface area contributed by atoms with E-state index in [1.165, 1.54) is 6.07 Å². The second-order valence-corrected chi connectivity index (χ2v) is 4.92. The van der Waals surface area contributed by atoms with E-state index in [9.17, 15) is 14.0 Å². The second-order valence-electron chi connectivity index (χ2n) is 4.92. The second kappa shape index (κ2) is 7.28. The minimum Gasteiger partial charge on any atom is -0.362 e. The molecule has 1 N–H and O–H groups in total. The zero-order chi connectivity index (χ0) is 15.2. The number of benzene rings is 1. The molecule has 1 heterocycles. The van der Waals surface area contributed by atoms with Crippen molar-refractivity contribution >= 4 is 11.8 Å². The lowest BCUT2D eigenvalue weighted by molar-refractivity contribution is -0.158. The summed E-state index contributed by atoms with van der Waals surface area (Å²) in [7, 11) is 0. The third-order valence-electron chi connectivity index (χ3n) is 3.34. The van der Waals surface area contributed by atoms with Crippen LogP contribution in [0.2, 0.25) is 0 Å². The molecule has 6 heteroatoms. The topological polar surface area (TPSA) is 58.6 Å². The number of amides is 2. The highest BCUT2D eigenvalue weighted by Gasteiger charge is 2.30. The van der Waals surface area contributed by atoms with Gasteiger partial charge in [-0.05, 0) is 19.0 Å². The first-order chi connectivity index (χ1) is 10.1. The SMILES string of the molecule is CCCNC(CN1C(=O)COCC1=O)c1ccccc1F. The van der Waals surface area contributed by atoms with Gasteiger partial charge in [0.1, 0.15) is 19.0 Å². The predicted molar refractivity (Wildman–Crippen MR) is 75.0 cm³/mol. The van der Waals surface area contributed by atoms with Crippen molar-refractivity contribution in [1.29, 1.82) is 0 Å². The molecule has 0 spiro atoms. The van der Waals surface area contributed by atoms with Crippen LogP contribution < -0.4 is 5.32 Å². The number of carbonyl (C=O) groups is 2. The maximum Gasteiger partial charge on any atom is 0.255 e. The number of hydrogen-bond acceptors (Lipinski definition) is 4. The lowest BCUT2D eigenvalue weighted by Crippen LogP contribution is -2.49. The Morgan fingerprint density at radius 2 is 1.95 bits per heavy atom. The first kappa shape index (κ1) is 15.6. The highest BCUT2D eigenvalue weighted by atomic mass is 19.1. The number of morpholine rings is 1. The molecule has 2 rings (SSSR count). The van der Waals surface area contributed by atoms with Gasteiger partial charge >= 0.3 is 0 Å². The van der Waals surface area contributed by atoms with E-state index in [1.807, 2.05) is 6.92 Å². The molecule has 0 saturated carbocycles. The molecule has 1 aliphatic rings. The smallest absolute Gasteiger partial charge is 0.255 e. The van der Waals surface area contributed by atoms with Gasteiger partial charge in [-0.15, -0.1) is 0 Å². The number of nitrogens with one attached hydrogen (secondary N) is 1. The summed E-state index contributed by atoms with van der Waals surface area (Å²) in [5.74, 6) is -1.11. The fraction of sp³-hybridized carbons (Fsp3) is 0.467. The largest absolute Gasteiger partial charge is 0.362 e. The third-order valence-corrected chi connectivity index (χ3v) is 3.34. The number of halogens is 1. The van der Waals surface area contributed by atoms with Crippen LogP contribution in [0.4, 0.5) is 4.39 Å². The highest BCUT2D eigenvalue weighted by molar-refractivity contribution is 5.98. The molecule has 0 radical (unpaired) electrons. The van der Waals surface area contributed by atoms with Crippen molar-refractivity contribution in [3.63, 3.8) is 0 Å². The van der Waals surface area contributed by atoms with Gasteiger partial charge in [-0.1, -0.05) is 25.1 Å². The van der Waals surface area contributed by atoms with E-state index in [0.29, 0.717) is 12.1 Å². The van der Waals surface area contributed by atoms with Gasteiger partial charge in [-0.25, -0.2) is 4.39 Å². The number of nitrogens with zero attached hydrogens (tertiary/aromatic N) is 1. The van der Waals surface area contributed by atoms with Crippen molar-refractivity contribution in [2.24, 2.45) is 0 Å². The maximum atomic E-state index is 14.0. The summed E-state index contributed by atoms with van der Waals surface area (Å²) in [6.07, 6.45) is 0.871. The van der Waals surface area contributed by atoms with Crippen molar-refractivity contribution in [2.75, 3.05) is 26.3 Å². The number of rotatable bonds is 6. The standard InChI is InChI=1S/C15H19FN2O3/c1-2-7-17-13(11-5-3-4-6-12(11)16)8-18-14(19)9-21-10-15(18)20/h3-6,13,17H,2,7-10H2,1H3. The normalized spacial score (nSPS) is 17.1. The molecule has 0 aromatic heterocycles. The lowest BCUT2D eigenvalue weighted by Gasteiger charge is -2.29. The summed E-state index contributed by atoms with van der Waals surface area (Å²) in [5.41, 5.74) is 0.457. The number of hydrogen-bond donors (Lipinski definition) is 1. The third kappa shape index (κ3) is 3.86. The maximum absolute atomic E-state index is 14.0. The van der Waals surface area contributed by atoms with Gasteiger partial charge in [0.05, 0.1) is 6.04 Å². The van der Waals surface area contributed by atoms with Gasteiger partial charge in [0.2, 0.25) is 0 Å². The molecule has 1 atom stereocenters. The van der Waals surface area contributed by atoms with Crippen LogP contribution in [0.3, 0.4) is 0 Å². The van der Waals surface area contributed by atoms with E-state index in [-0.39, 0.29) is 37.4 Å². The van der Waals surface area contributed by atoms with E-state index in [1.54, 1.807) is 18.2 Å². The highest BCUT2D eigenvalue weighted by Crippen LogP contribution is 2.19. The molecule has 1 fully saturated rings. The molecular formula is C15H19FN2O3. The van der Waals surface area contributed by atoms with Crippen molar-refractivity contribution < 1.29 is 18.7 Å². The van der Waals surface area contributed by atoms with Crippen LogP contribution in [0.5, 0.6) is 0 Å². The molecule has 1 saturated heterocycles. The monoisotopic (exact) mass is 294 g/mol. The molecule has 0 aliphatic carbocycles. The fourth-order valence-electron chi connectivity index (χ4n) is 2.26. The minimum absolute atomic E-state index is 0.108. The van der Waals surface area contributed by atoms with Gasteiger partial charge in [0.15, 0.2) is 0 Å². The van der Waals surface area contributed by atoms with Crippen LogP contribution in [0.1, 0.15) is 24.9 Å². The van der Waals surface area contributed by atoms with Gasteiger partial charge in [0.25, 0.3) is 11.8 Å². The first-order valence-corrected chi connectivity index (χ1v) is 7.02. The Hall–Kier alpha value is -1.79. The number of ether oxygens (including phenoxy) is 1. The van der Waals surface area contributed by atoms with E-state index in [0.717, 1.165) is 11.3 Å². The van der Waals surface area contributed by atoms with Crippen molar-refractivity contribution in [3.05, 3.63) is 35.6 Å². The molecule has 5 nitrogen and oxygen atoms in total. The molecule has 0 bridgehead atoms. The van der Waals surface area contributed by atoms with Crippen LogP contribution in [0.15, 0.2) is 24.3 Å². The van der Waals surface area contributed by atoms with E-state index >= 15 is 0 Å². The Balaban J connectivity index is 2.18. The quantitative estimate of drug-likeness (QED) is 0.802. The Morgan fingerprint density at radius 1 is 1.29 bits per heavy atom. The molecule has 1 unspecified atom stereocenters. The summed E-state index contributed by atoms with van der Waals surface area (Å²) >= 11 is 0. The zero-order valence-corrected chi connectivity index (χ0v) is 12.0. The lowest BCUT2D eigenvalue weighted by atomic mass is 10.0. The van der Waals surface area contributed by atoms with Gasteiger partial charge in [-0.3, -0.25) is 14.5 Å². The van der Waals surface area contributed by atoms with Crippen LogP contribution in [0, 0.1) is 5.82 Å². The minimum atomic E-state index is -0.419. The first-order valence-electron chi connectivity index (χ1n) is 7.02. The fourth-order valence-corrected chi connectivity index (χ4v) is 2.26. The predicted octanol–water partition coefficient (Wildman–Crippen LogP) is 1.25. The molecule has 1 aromatic carbocycles. The molecular weight excluding hydrogens is 275 g/mol. The number of carbonyl (C=O) groups excluding carboxylic acids is 2. The van der Waals surface area contributed by atoms with Gasteiger partial charge in [-0.2, -0.15) is 0 Å². The Kier molecular flexibility index (Phi) is 5.41. The Labute approximate surface area is 123 Å². The van der Waals surface area contributed by atoms with E-state index < -0.39 is 6.04 Å². The van der Waals surface area contributed by atoms with Gasteiger partial charge in [0, 0.05) is 12.1 Å². The van der Waals surface area contributed by atoms with Crippen molar-refractivity contribution in [2.45, 2.75) is 19.4 Å². The zero-order valence-electron chi connectivity index (χ0n) is 12.0. The summed E-state index contributed by atoms with van der Waals surface area (Å²) < 4.78 is 18.8. The molecule has 1 aliphatic heterocycles. The van der Waals surface area contributed by atoms with Crippen LogP contribution in [-0.4, -0.2) is 43.0 Å². The average molecular weight is 294 g/mol. The number of imide groups is 1. The Bertz CT molecular complexity index is 505. The summed E-state index contributed by atoms with van der Waals surface area (Å²) in [5, 5.41) is 3.19. The van der Waals surface area contributed by atoms with Crippen LogP contribution >= 0.6 is 0 Å². The van der Waals surface area contributed by atoms with Gasteiger partial charge < -0.3 is 10.1 Å². The summed E-state index contributed by atoms with van der Waals surface area (Å²) in [6, 6.07) is 5.97. The Morgan fingerprint density at radius 3 is 2.57 bits per heavy atom. The summed E-state index contributed by atoms with van der Waals surface area (Å²) in [4.78, 5) is 24.7. The molecule has 1 aromatic rings. The van der Waals surface area contributed by atoms with Crippen LogP contribution in [-0.2, 0) is 14.3 Å². The average Bonchev–Trinajstić information content (AvgIpc) is 2.47. The molecule has 2 amide bonds. The molecule has 114 valence electrons. The van der Waals surface area contributed by atoms with E-state index in [4.69, 9.17) is 4.74 Å². The van der Waals surface area contributed by atoms with Crippen LogP contribution in [0.25, 0.3) is 0 Å². The summed E-state index contributed by atoms with van der Waals surface area (Å²) in [6.45, 7) is 2.57. The van der Waals surface area contributed by atoms with Crippen molar-refractivity contribution in [3.8, 4) is 0 Å². The van der Waals surface area contributed by atoms with Crippen molar-refractivity contribution in [1.82, 2.24) is 10.2 Å². The van der Waals surface area contributed by atoms with E-state index in [2.05, 4.69) is 5.32 Å². The molecule has 21 heavy (non-hydrogen) atoms.